The van der Waals surface area contributed by atoms with E-state index in [1.165, 1.54) is 0 Å². The molecule has 6 heteroatoms. The summed E-state index contributed by atoms with van der Waals surface area (Å²) in [5, 5.41) is 7.36. The first-order chi connectivity index (χ1) is 8.54. The Morgan fingerprint density at radius 1 is 1.39 bits per heavy atom. The molecule has 0 radical (unpaired) electrons. The van der Waals surface area contributed by atoms with Gasteiger partial charge in [0.05, 0.1) is 22.8 Å². The van der Waals surface area contributed by atoms with Crippen molar-refractivity contribution in [2.45, 2.75) is 13.3 Å². The third-order valence-electron chi connectivity index (χ3n) is 2.22. The molecule has 94 valence electrons. The van der Waals surface area contributed by atoms with E-state index in [-0.39, 0.29) is 12.3 Å². The lowest BCUT2D eigenvalue weighted by atomic mass is 10.2. The summed E-state index contributed by atoms with van der Waals surface area (Å²) in [6, 6.07) is 6.58. The number of aromatic nitrogens is 1. The molecule has 0 aliphatic heterocycles. The zero-order valence-electron chi connectivity index (χ0n) is 9.54. The van der Waals surface area contributed by atoms with Crippen molar-refractivity contribution in [3.63, 3.8) is 0 Å². The maximum atomic E-state index is 11.8. The molecule has 1 heterocycles. The molecule has 0 spiro atoms. The van der Waals surface area contributed by atoms with E-state index in [1.807, 2.05) is 0 Å². The summed E-state index contributed by atoms with van der Waals surface area (Å²) in [6.45, 7) is 1.77. The number of hydrogen-bond donors (Lipinski definition) is 1. The van der Waals surface area contributed by atoms with Crippen LogP contribution in [-0.4, -0.2) is 11.1 Å². The van der Waals surface area contributed by atoms with Crippen molar-refractivity contribution in [2.24, 2.45) is 0 Å². The molecule has 0 unspecified atom stereocenters. The minimum Gasteiger partial charge on any atom is -0.361 e. The molecule has 2 aromatic rings. The van der Waals surface area contributed by atoms with Crippen LogP contribution in [0.5, 0.6) is 0 Å². The van der Waals surface area contributed by atoms with Gasteiger partial charge in [0.2, 0.25) is 5.91 Å². The highest BCUT2D eigenvalue weighted by Crippen LogP contribution is 2.25. The normalized spacial score (nSPS) is 10.4. The minimum atomic E-state index is -0.229. The summed E-state index contributed by atoms with van der Waals surface area (Å²) in [5.74, 6) is 0.436. The van der Waals surface area contributed by atoms with Crippen molar-refractivity contribution in [1.29, 1.82) is 0 Å². The Kier molecular flexibility index (Phi) is 3.89. The molecule has 4 nitrogen and oxygen atoms in total. The van der Waals surface area contributed by atoms with Gasteiger partial charge in [-0.15, -0.1) is 0 Å². The van der Waals surface area contributed by atoms with Gasteiger partial charge in [-0.05, 0) is 25.1 Å². The Hall–Kier alpha value is -1.52. The minimum absolute atomic E-state index is 0.125. The van der Waals surface area contributed by atoms with E-state index in [0.29, 0.717) is 27.2 Å². The zero-order valence-corrected chi connectivity index (χ0v) is 11.0. The van der Waals surface area contributed by atoms with Gasteiger partial charge in [0, 0.05) is 11.1 Å². The molecule has 1 aromatic heterocycles. The number of nitrogens with zero attached hydrogens (tertiary/aromatic N) is 1. The summed E-state index contributed by atoms with van der Waals surface area (Å²) >= 11 is 11.8. The summed E-state index contributed by atoms with van der Waals surface area (Å²) in [6.07, 6.45) is 0.125. The fraction of sp³-hybridized carbons (Fsp3) is 0.167. The largest absolute Gasteiger partial charge is 0.361 e. The van der Waals surface area contributed by atoms with Crippen molar-refractivity contribution < 1.29 is 9.32 Å². The van der Waals surface area contributed by atoms with Crippen LogP contribution in [0, 0.1) is 6.92 Å². The monoisotopic (exact) mass is 284 g/mol. The Morgan fingerprint density at radius 2 is 2.17 bits per heavy atom. The molecule has 0 fully saturated rings. The predicted molar refractivity (Wildman–Crippen MR) is 70.0 cm³/mol. The topological polar surface area (TPSA) is 55.1 Å². The van der Waals surface area contributed by atoms with E-state index in [4.69, 9.17) is 27.7 Å². The van der Waals surface area contributed by atoms with Crippen LogP contribution in [0.25, 0.3) is 0 Å². The summed E-state index contributed by atoms with van der Waals surface area (Å²) in [4.78, 5) is 11.8. The van der Waals surface area contributed by atoms with Crippen LogP contribution in [0.3, 0.4) is 0 Å². The second-order valence-electron chi connectivity index (χ2n) is 3.78. The molecule has 2 rings (SSSR count). The number of rotatable bonds is 3. The average molecular weight is 285 g/mol. The lowest BCUT2D eigenvalue weighted by molar-refractivity contribution is -0.115. The standard InChI is InChI=1S/C12H10Cl2N2O2/c1-7-4-9(16-18-7)6-12(17)15-11-5-8(13)2-3-10(11)14/h2-5H,6H2,1H3,(H,15,17). The van der Waals surface area contributed by atoms with Gasteiger partial charge >= 0.3 is 0 Å². The van der Waals surface area contributed by atoms with Gasteiger partial charge < -0.3 is 9.84 Å². The molecule has 0 saturated heterocycles. The fourth-order valence-electron chi connectivity index (χ4n) is 1.45. The Labute approximate surface area is 114 Å². The second kappa shape index (κ2) is 5.42. The van der Waals surface area contributed by atoms with Gasteiger partial charge in [0.25, 0.3) is 0 Å². The molecule has 1 N–H and O–H groups in total. The lowest BCUT2D eigenvalue weighted by Gasteiger charge is -2.06. The Balaban J connectivity index is 2.05. The quantitative estimate of drug-likeness (QED) is 0.939. The molecule has 0 saturated carbocycles. The number of halogens is 2. The first-order valence-corrected chi connectivity index (χ1v) is 5.97. The van der Waals surface area contributed by atoms with E-state index in [0.717, 1.165) is 0 Å². The zero-order chi connectivity index (χ0) is 13.1. The van der Waals surface area contributed by atoms with Gasteiger partial charge in [-0.2, -0.15) is 0 Å². The van der Waals surface area contributed by atoms with Crippen LogP contribution < -0.4 is 5.32 Å². The van der Waals surface area contributed by atoms with Gasteiger partial charge in [-0.25, -0.2) is 0 Å². The van der Waals surface area contributed by atoms with Gasteiger partial charge in [-0.3, -0.25) is 4.79 Å². The number of carbonyl (C=O) groups excluding carboxylic acids is 1. The van der Waals surface area contributed by atoms with E-state index in [9.17, 15) is 4.79 Å². The molecule has 0 atom stereocenters. The van der Waals surface area contributed by atoms with E-state index < -0.39 is 0 Å². The van der Waals surface area contributed by atoms with Crippen molar-refractivity contribution >= 4 is 34.8 Å². The molecule has 1 aromatic carbocycles. The number of carbonyl (C=O) groups is 1. The van der Waals surface area contributed by atoms with Crippen LogP contribution in [-0.2, 0) is 11.2 Å². The van der Waals surface area contributed by atoms with Crippen LogP contribution in [0.2, 0.25) is 10.0 Å². The van der Waals surface area contributed by atoms with E-state index in [1.54, 1.807) is 31.2 Å². The summed E-state index contributed by atoms with van der Waals surface area (Å²) < 4.78 is 4.88. The second-order valence-corrected chi connectivity index (χ2v) is 4.62. The maximum absolute atomic E-state index is 11.8. The number of amides is 1. The van der Waals surface area contributed by atoms with Crippen LogP contribution in [0.4, 0.5) is 5.69 Å². The van der Waals surface area contributed by atoms with Gasteiger partial charge in [-0.1, -0.05) is 28.4 Å². The van der Waals surface area contributed by atoms with E-state index in [2.05, 4.69) is 10.5 Å². The third kappa shape index (κ3) is 3.24. The Bertz CT molecular complexity index is 581. The molecule has 0 aliphatic rings. The number of aryl methyl sites for hydroxylation is 1. The lowest BCUT2D eigenvalue weighted by Crippen LogP contribution is -2.14. The maximum Gasteiger partial charge on any atom is 0.230 e. The van der Waals surface area contributed by atoms with Crippen LogP contribution in [0.1, 0.15) is 11.5 Å². The molecule has 0 aliphatic carbocycles. The first-order valence-electron chi connectivity index (χ1n) is 5.21. The smallest absolute Gasteiger partial charge is 0.230 e. The van der Waals surface area contributed by atoms with Gasteiger partial charge in [0.1, 0.15) is 5.76 Å². The first kappa shape index (κ1) is 12.9. The predicted octanol–water partition coefficient (Wildman–Crippen LogP) is 3.47. The van der Waals surface area contributed by atoms with Crippen LogP contribution in [0.15, 0.2) is 28.8 Å². The van der Waals surface area contributed by atoms with Crippen molar-refractivity contribution in [2.75, 3.05) is 5.32 Å². The highest BCUT2D eigenvalue weighted by Gasteiger charge is 2.10. The number of hydrogen-bond acceptors (Lipinski definition) is 3. The molecule has 18 heavy (non-hydrogen) atoms. The van der Waals surface area contributed by atoms with E-state index >= 15 is 0 Å². The Morgan fingerprint density at radius 3 is 2.83 bits per heavy atom. The molecule has 1 amide bonds. The van der Waals surface area contributed by atoms with Crippen molar-refractivity contribution in [3.05, 3.63) is 45.8 Å². The number of anilines is 1. The summed E-state index contributed by atoms with van der Waals surface area (Å²) in [5.41, 5.74) is 1.05. The van der Waals surface area contributed by atoms with Crippen molar-refractivity contribution in [1.82, 2.24) is 5.16 Å². The molecular formula is C12H10Cl2N2O2. The number of nitrogens with one attached hydrogen (secondary N) is 1. The SMILES string of the molecule is Cc1cc(CC(=O)Nc2cc(Cl)ccc2Cl)no1. The fourth-order valence-corrected chi connectivity index (χ4v) is 1.79. The average Bonchev–Trinajstić information content (AvgIpc) is 2.69. The molecule has 0 bridgehead atoms. The molecular weight excluding hydrogens is 275 g/mol. The number of benzene rings is 1. The van der Waals surface area contributed by atoms with Crippen LogP contribution >= 0.6 is 23.2 Å². The highest BCUT2D eigenvalue weighted by atomic mass is 35.5. The third-order valence-corrected chi connectivity index (χ3v) is 2.79. The summed E-state index contributed by atoms with van der Waals surface area (Å²) in [7, 11) is 0. The highest BCUT2D eigenvalue weighted by molar-refractivity contribution is 6.35. The van der Waals surface area contributed by atoms with Gasteiger partial charge in [0.15, 0.2) is 0 Å². The van der Waals surface area contributed by atoms with Crippen molar-refractivity contribution in [3.8, 4) is 0 Å².